The summed E-state index contributed by atoms with van der Waals surface area (Å²) in [6, 6.07) is 0.852. The second kappa shape index (κ2) is 7.08. The van der Waals surface area contributed by atoms with E-state index in [1.807, 2.05) is 0 Å². The molecule has 0 heterocycles. The molecule has 2 heteroatoms. The van der Waals surface area contributed by atoms with Gasteiger partial charge in [0, 0.05) is 24.7 Å². The molecule has 1 rings (SSSR count). The summed E-state index contributed by atoms with van der Waals surface area (Å²) in [4.78, 5) is 2.74. The molecule has 0 aromatic carbocycles. The first-order chi connectivity index (χ1) is 8.79. The third-order valence-corrected chi connectivity index (χ3v) is 4.73. The average Bonchev–Trinajstić information content (AvgIpc) is 2.86. The molecule has 2 nitrogen and oxygen atoms in total. The van der Waals surface area contributed by atoms with Crippen LogP contribution in [0.3, 0.4) is 0 Å². The molecule has 0 amide bonds. The molecule has 1 unspecified atom stereocenters. The largest absolute Gasteiger partial charge is 0.311 e. The van der Waals surface area contributed by atoms with Gasteiger partial charge in [0.1, 0.15) is 0 Å². The maximum absolute atomic E-state index is 3.71. The lowest BCUT2D eigenvalue weighted by Gasteiger charge is -2.39. The van der Waals surface area contributed by atoms with Gasteiger partial charge in [0.2, 0.25) is 0 Å². The molecule has 0 spiro atoms. The summed E-state index contributed by atoms with van der Waals surface area (Å²) >= 11 is 0. The van der Waals surface area contributed by atoms with Gasteiger partial charge in [-0.3, -0.25) is 0 Å². The lowest BCUT2D eigenvalue weighted by Crippen LogP contribution is -2.49. The van der Waals surface area contributed by atoms with Crippen molar-refractivity contribution in [1.82, 2.24) is 10.2 Å². The van der Waals surface area contributed by atoms with Crippen LogP contribution < -0.4 is 5.32 Å². The molecule has 1 aliphatic carbocycles. The van der Waals surface area contributed by atoms with Gasteiger partial charge in [0.05, 0.1) is 0 Å². The highest BCUT2D eigenvalue weighted by Crippen LogP contribution is 2.29. The number of hydrogen-bond acceptors (Lipinski definition) is 2. The summed E-state index contributed by atoms with van der Waals surface area (Å²) in [6.07, 6.45) is 6.95. The normalized spacial score (nSPS) is 21.0. The number of hydrogen-bond donors (Lipinski definition) is 1. The molecule has 0 aliphatic heterocycles. The van der Waals surface area contributed by atoms with Crippen LogP contribution in [-0.2, 0) is 0 Å². The van der Waals surface area contributed by atoms with Crippen LogP contribution in [0.1, 0.15) is 73.6 Å². The van der Waals surface area contributed by atoms with Crippen LogP contribution in [0, 0.1) is 5.41 Å². The van der Waals surface area contributed by atoms with Gasteiger partial charge in [-0.25, -0.2) is 0 Å². The maximum Gasteiger partial charge on any atom is 0.00967 e. The Morgan fingerprint density at radius 1 is 1.05 bits per heavy atom. The van der Waals surface area contributed by atoms with E-state index in [2.05, 4.69) is 51.8 Å². The highest BCUT2D eigenvalue weighted by Gasteiger charge is 2.30. The Balaban J connectivity index is 2.56. The Morgan fingerprint density at radius 3 is 2.05 bits per heavy atom. The zero-order chi connectivity index (χ0) is 14.5. The number of nitrogens with one attached hydrogen (secondary N) is 1. The minimum atomic E-state index is 0.223. The molecule has 1 saturated carbocycles. The molecule has 1 fully saturated rings. The molecular formula is C17H36N2. The zero-order valence-corrected chi connectivity index (χ0v) is 14.2. The Morgan fingerprint density at radius 2 is 1.63 bits per heavy atom. The second-order valence-electron chi connectivity index (χ2n) is 7.77. The quantitative estimate of drug-likeness (QED) is 0.749. The van der Waals surface area contributed by atoms with Gasteiger partial charge in [0.15, 0.2) is 0 Å². The molecule has 0 radical (unpaired) electrons. The van der Waals surface area contributed by atoms with Gasteiger partial charge in [0.25, 0.3) is 0 Å². The van der Waals surface area contributed by atoms with Crippen LogP contribution in [0.4, 0.5) is 0 Å². The third kappa shape index (κ3) is 5.83. The first-order valence-corrected chi connectivity index (χ1v) is 8.29. The molecule has 114 valence electrons. The fourth-order valence-corrected chi connectivity index (χ4v) is 3.03. The zero-order valence-electron chi connectivity index (χ0n) is 14.2. The van der Waals surface area contributed by atoms with Crippen LogP contribution in [-0.4, -0.2) is 36.1 Å². The summed E-state index contributed by atoms with van der Waals surface area (Å²) in [5.74, 6) is 0. The molecule has 0 saturated heterocycles. The van der Waals surface area contributed by atoms with Crippen molar-refractivity contribution in [3.8, 4) is 0 Å². The van der Waals surface area contributed by atoms with E-state index in [-0.39, 0.29) is 5.54 Å². The minimum absolute atomic E-state index is 0.223. The summed E-state index contributed by atoms with van der Waals surface area (Å²) in [6.45, 7) is 17.5. The Bertz CT molecular complexity index is 250. The second-order valence-corrected chi connectivity index (χ2v) is 7.77. The summed E-state index contributed by atoms with van der Waals surface area (Å²) in [5, 5.41) is 3.71. The molecule has 0 aromatic heterocycles. The van der Waals surface area contributed by atoms with E-state index in [9.17, 15) is 0 Å². The molecule has 19 heavy (non-hydrogen) atoms. The standard InChI is InChI=1S/C17H36N2/c1-7-17(6,13-18-16(3,4)5)14-19(8-2)15-11-9-10-12-15/h15,18H,7-14H2,1-6H3. The minimum Gasteiger partial charge on any atom is -0.311 e. The molecule has 1 aliphatic rings. The van der Waals surface area contributed by atoms with E-state index in [1.165, 1.54) is 45.2 Å². The van der Waals surface area contributed by atoms with Gasteiger partial charge in [-0.05, 0) is 52.0 Å². The summed E-state index contributed by atoms with van der Waals surface area (Å²) in [5.41, 5.74) is 0.618. The van der Waals surface area contributed by atoms with Crippen LogP contribution >= 0.6 is 0 Å². The number of nitrogens with zero attached hydrogens (tertiary/aromatic N) is 1. The van der Waals surface area contributed by atoms with Crippen LogP contribution in [0.15, 0.2) is 0 Å². The summed E-state index contributed by atoms with van der Waals surface area (Å²) < 4.78 is 0. The highest BCUT2D eigenvalue weighted by molar-refractivity contribution is 4.86. The van der Waals surface area contributed by atoms with Crippen molar-refractivity contribution in [2.24, 2.45) is 5.41 Å². The van der Waals surface area contributed by atoms with Crippen molar-refractivity contribution < 1.29 is 0 Å². The van der Waals surface area contributed by atoms with E-state index in [0.717, 1.165) is 12.6 Å². The van der Waals surface area contributed by atoms with Gasteiger partial charge >= 0.3 is 0 Å². The van der Waals surface area contributed by atoms with Crippen molar-refractivity contribution in [1.29, 1.82) is 0 Å². The first kappa shape index (κ1) is 17.0. The van der Waals surface area contributed by atoms with Crippen molar-refractivity contribution in [2.45, 2.75) is 85.2 Å². The van der Waals surface area contributed by atoms with Crippen molar-refractivity contribution in [3.05, 3.63) is 0 Å². The fourth-order valence-electron chi connectivity index (χ4n) is 3.03. The number of rotatable bonds is 7. The van der Waals surface area contributed by atoms with E-state index in [4.69, 9.17) is 0 Å². The van der Waals surface area contributed by atoms with E-state index >= 15 is 0 Å². The topological polar surface area (TPSA) is 15.3 Å². The molecule has 1 N–H and O–H groups in total. The van der Waals surface area contributed by atoms with Crippen LogP contribution in [0.2, 0.25) is 0 Å². The van der Waals surface area contributed by atoms with Gasteiger partial charge < -0.3 is 10.2 Å². The molecular weight excluding hydrogens is 232 g/mol. The maximum atomic E-state index is 3.71. The Labute approximate surface area is 121 Å². The highest BCUT2D eigenvalue weighted by atomic mass is 15.2. The van der Waals surface area contributed by atoms with Gasteiger partial charge in [-0.15, -0.1) is 0 Å². The Kier molecular flexibility index (Phi) is 6.32. The predicted molar refractivity (Wildman–Crippen MR) is 85.7 cm³/mol. The lowest BCUT2D eigenvalue weighted by atomic mass is 9.85. The first-order valence-electron chi connectivity index (χ1n) is 8.29. The van der Waals surface area contributed by atoms with Crippen LogP contribution in [0.25, 0.3) is 0 Å². The molecule has 0 bridgehead atoms. The lowest BCUT2D eigenvalue weighted by molar-refractivity contribution is 0.114. The fraction of sp³-hybridized carbons (Fsp3) is 1.00. The predicted octanol–water partition coefficient (Wildman–Crippen LogP) is 4.06. The smallest absolute Gasteiger partial charge is 0.00967 e. The van der Waals surface area contributed by atoms with Gasteiger partial charge in [-0.1, -0.05) is 33.6 Å². The Hall–Kier alpha value is -0.0800. The SMILES string of the molecule is CCN(CC(C)(CC)CNC(C)(C)C)C1CCCC1. The van der Waals surface area contributed by atoms with E-state index < -0.39 is 0 Å². The van der Waals surface area contributed by atoms with E-state index in [1.54, 1.807) is 0 Å². The monoisotopic (exact) mass is 268 g/mol. The molecule has 0 aromatic rings. The van der Waals surface area contributed by atoms with Crippen molar-refractivity contribution in [3.63, 3.8) is 0 Å². The van der Waals surface area contributed by atoms with Crippen LogP contribution in [0.5, 0.6) is 0 Å². The average molecular weight is 268 g/mol. The van der Waals surface area contributed by atoms with E-state index in [0.29, 0.717) is 5.41 Å². The summed E-state index contributed by atoms with van der Waals surface area (Å²) in [7, 11) is 0. The van der Waals surface area contributed by atoms with Crippen molar-refractivity contribution in [2.75, 3.05) is 19.6 Å². The van der Waals surface area contributed by atoms with Gasteiger partial charge in [-0.2, -0.15) is 0 Å². The molecule has 1 atom stereocenters. The third-order valence-electron chi connectivity index (χ3n) is 4.73. The van der Waals surface area contributed by atoms with Crippen molar-refractivity contribution >= 4 is 0 Å².